The van der Waals surface area contributed by atoms with E-state index in [1.807, 2.05) is 36.4 Å². The monoisotopic (exact) mass is 580 g/mol. The van der Waals surface area contributed by atoms with Crippen LogP contribution in [0.25, 0.3) is 0 Å². The van der Waals surface area contributed by atoms with Crippen molar-refractivity contribution in [3.8, 4) is 17.4 Å². The molecule has 1 heterocycles. The van der Waals surface area contributed by atoms with E-state index in [0.717, 1.165) is 37.1 Å². The number of amides is 2. The molecule has 0 saturated heterocycles. The van der Waals surface area contributed by atoms with Crippen LogP contribution in [0.3, 0.4) is 0 Å². The van der Waals surface area contributed by atoms with Gasteiger partial charge >= 0.3 is 5.97 Å². The number of nitrogens with zero attached hydrogens (tertiary/aromatic N) is 1. The zero-order valence-corrected chi connectivity index (χ0v) is 23.6. The number of hydrogen-bond acceptors (Lipinski definition) is 7. The smallest absolute Gasteiger partial charge is 0.337 e. The Bertz CT molecular complexity index is 1580. The number of benzene rings is 3. The normalized spacial score (nSPS) is 16.0. The summed E-state index contributed by atoms with van der Waals surface area (Å²) in [5, 5.41) is 18.1. The second-order valence-corrected chi connectivity index (χ2v) is 10.1. The minimum atomic E-state index is -1.13. The third kappa shape index (κ3) is 7.48. The summed E-state index contributed by atoms with van der Waals surface area (Å²) < 4.78 is 12.0. The predicted molar refractivity (Wildman–Crippen MR) is 162 cm³/mol. The summed E-state index contributed by atoms with van der Waals surface area (Å²) in [6, 6.07) is 24.1. The third-order valence-electron chi connectivity index (χ3n) is 7.20. The van der Waals surface area contributed by atoms with Crippen molar-refractivity contribution in [2.45, 2.75) is 37.8 Å². The molecule has 1 aromatic heterocycles. The molecule has 5 rings (SSSR count). The Kier molecular flexibility index (Phi) is 9.16. The van der Waals surface area contributed by atoms with Crippen LogP contribution in [0.2, 0.25) is 0 Å². The minimum absolute atomic E-state index is 0.000351. The number of carbonyl (C=O) groups excluding carboxylic acids is 2. The van der Waals surface area contributed by atoms with Gasteiger partial charge in [-0.2, -0.15) is 0 Å². The Morgan fingerprint density at radius 2 is 1.42 bits per heavy atom. The molecule has 0 atom stereocenters. The molecule has 0 spiro atoms. The van der Waals surface area contributed by atoms with Gasteiger partial charge in [-0.05, 0) is 80.3 Å². The van der Waals surface area contributed by atoms with E-state index in [1.165, 1.54) is 18.3 Å². The summed E-state index contributed by atoms with van der Waals surface area (Å²) in [5.74, 6) is -0.0998. The number of aromatic carboxylic acids is 1. The van der Waals surface area contributed by atoms with Gasteiger partial charge < -0.3 is 30.5 Å². The van der Waals surface area contributed by atoms with E-state index in [0.29, 0.717) is 17.2 Å². The molecule has 0 aliphatic heterocycles. The lowest BCUT2D eigenvalue weighted by Gasteiger charge is -2.29. The number of nitrogens with one attached hydrogen (secondary N) is 3. The highest BCUT2D eigenvalue weighted by atomic mass is 16.5. The number of hydrogen-bond donors (Lipinski definition) is 4. The van der Waals surface area contributed by atoms with Gasteiger partial charge in [0.15, 0.2) is 0 Å². The van der Waals surface area contributed by atoms with Crippen LogP contribution in [0.4, 0.5) is 11.4 Å². The van der Waals surface area contributed by atoms with Gasteiger partial charge in [-0.25, -0.2) is 9.78 Å². The van der Waals surface area contributed by atoms with E-state index in [4.69, 9.17) is 9.47 Å². The number of rotatable bonds is 10. The Morgan fingerprint density at radius 1 is 0.767 bits per heavy atom. The van der Waals surface area contributed by atoms with Gasteiger partial charge in [0, 0.05) is 31.0 Å². The molecule has 1 fully saturated rings. The maximum absolute atomic E-state index is 12.7. The second kappa shape index (κ2) is 13.5. The molecule has 4 N–H and O–H groups in total. The fourth-order valence-electron chi connectivity index (χ4n) is 4.93. The van der Waals surface area contributed by atoms with Crippen molar-refractivity contribution in [2.75, 3.05) is 17.7 Å². The average molecular weight is 581 g/mol. The summed E-state index contributed by atoms with van der Waals surface area (Å²) in [6.07, 6.45) is 4.78. The van der Waals surface area contributed by atoms with Crippen molar-refractivity contribution in [1.29, 1.82) is 0 Å². The first-order chi connectivity index (χ1) is 20.9. The quantitative estimate of drug-likeness (QED) is 0.180. The van der Waals surface area contributed by atoms with E-state index in [2.05, 4.69) is 20.9 Å². The fraction of sp³-hybridized carbons (Fsp3) is 0.212. The maximum atomic E-state index is 12.7. The molecule has 220 valence electrons. The summed E-state index contributed by atoms with van der Waals surface area (Å²) in [5.41, 5.74) is 1.91. The SMILES string of the molecule is CNc1ccccc1C(=O)NC1CCC(Oc2ccc(Oc3ccc(C(=O)Nc4ccccc4C(=O)O)cn3)cc2)CC1. The molecule has 1 aliphatic carbocycles. The summed E-state index contributed by atoms with van der Waals surface area (Å²) in [6.45, 7) is 0. The molecular formula is C33H32N4O6. The number of carboxylic acids is 1. The zero-order chi connectivity index (χ0) is 30.2. The molecule has 2 amide bonds. The molecule has 43 heavy (non-hydrogen) atoms. The van der Waals surface area contributed by atoms with Crippen molar-refractivity contribution in [3.05, 3.63) is 108 Å². The second-order valence-electron chi connectivity index (χ2n) is 10.1. The van der Waals surface area contributed by atoms with Crippen LogP contribution >= 0.6 is 0 Å². The molecule has 0 unspecified atom stereocenters. The van der Waals surface area contributed by atoms with E-state index in [9.17, 15) is 19.5 Å². The largest absolute Gasteiger partial charge is 0.490 e. The van der Waals surface area contributed by atoms with Gasteiger partial charge in [-0.15, -0.1) is 0 Å². The van der Waals surface area contributed by atoms with Gasteiger partial charge in [-0.3, -0.25) is 9.59 Å². The highest BCUT2D eigenvalue weighted by molar-refractivity contribution is 6.07. The van der Waals surface area contributed by atoms with Crippen LogP contribution in [0.5, 0.6) is 17.4 Å². The molecule has 0 bridgehead atoms. The Labute approximate surface area is 249 Å². The average Bonchev–Trinajstić information content (AvgIpc) is 3.03. The number of carboxylic acid groups (broad SMARTS) is 1. The number of ether oxygens (including phenoxy) is 2. The predicted octanol–water partition coefficient (Wildman–Crippen LogP) is 5.99. The number of carbonyl (C=O) groups is 3. The third-order valence-corrected chi connectivity index (χ3v) is 7.20. The molecule has 10 nitrogen and oxygen atoms in total. The molecule has 10 heteroatoms. The van der Waals surface area contributed by atoms with Crippen LogP contribution in [-0.2, 0) is 0 Å². The zero-order valence-electron chi connectivity index (χ0n) is 23.6. The minimum Gasteiger partial charge on any atom is -0.490 e. The maximum Gasteiger partial charge on any atom is 0.337 e. The molecular weight excluding hydrogens is 548 g/mol. The van der Waals surface area contributed by atoms with Crippen molar-refractivity contribution in [1.82, 2.24) is 10.3 Å². The fourth-order valence-corrected chi connectivity index (χ4v) is 4.93. The van der Waals surface area contributed by atoms with E-state index in [-0.39, 0.29) is 34.9 Å². The first kappa shape index (κ1) is 29.1. The van der Waals surface area contributed by atoms with E-state index in [1.54, 1.807) is 43.4 Å². The molecule has 4 aromatic rings. The lowest BCUT2D eigenvalue weighted by Crippen LogP contribution is -2.39. The Hall–Kier alpha value is -5.38. The first-order valence-corrected chi connectivity index (χ1v) is 14.0. The molecule has 1 saturated carbocycles. The highest BCUT2D eigenvalue weighted by Crippen LogP contribution is 2.27. The van der Waals surface area contributed by atoms with Crippen molar-refractivity contribution in [2.24, 2.45) is 0 Å². The van der Waals surface area contributed by atoms with E-state index >= 15 is 0 Å². The van der Waals surface area contributed by atoms with Gasteiger partial charge in [0.05, 0.1) is 28.5 Å². The summed E-state index contributed by atoms with van der Waals surface area (Å²) >= 11 is 0. The lowest BCUT2D eigenvalue weighted by atomic mass is 9.92. The first-order valence-electron chi connectivity index (χ1n) is 14.0. The van der Waals surface area contributed by atoms with Crippen LogP contribution in [0.15, 0.2) is 91.1 Å². The van der Waals surface area contributed by atoms with Crippen molar-refractivity contribution < 1.29 is 29.0 Å². The van der Waals surface area contributed by atoms with Gasteiger partial charge in [0.25, 0.3) is 11.8 Å². The van der Waals surface area contributed by atoms with Crippen molar-refractivity contribution >= 4 is 29.2 Å². The molecule has 3 aromatic carbocycles. The van der Waals surface area contributed by atoms with Crippen molar-refractivity contribution in [3.63, 3.8) is 0 Å². The number of pyridine rings is 1. The van der Waals surface area contributed by atoms with Crippen LogP contribution < -0.4 is 25.4 Å². The number of anilines is 2. The lowest BCUT2D eigenvalue weighted by molar-refractivity contribution is 0.0697. The van der Waals surface area contributed by atoms with Crippen LogP contribution in [-0.4, -0.2) is 47.1 Å². The molecule has 0 radical (unpaired) electrons. The topological polar surface area (TPSA) is 139 Å². The van der Waals surface area contributed by atoms with Gasteiger partial charge in [-0.1, -0.05) is 24.3 Å². The highest BCUT2D eigenvalue weighted by Gasteiger charge is 2.24. The number of para-hydroxylation sites is 2. The Morgan fingerprint density at radius 3 is 2.07 bits per heavy atom. The summed E-state index contributed by atoms with van der Waals surface area (Å²) in [4.78, 5) is 40.9. The van der Waals surface area contributed by atoms with Gasteiger partial charge in [0.1, 0.15) is 11.5 Å². The van der Waals surface area contributed by atoms with Crippen LogP contribution in [0, 0.1) is 0 Å². The summed E-state index contributed by atoms with van der Waals surface area (Å²) in [7, 11) is 1.80. The van der Waals surface area contributed by atoms with Crippen LogP contribution in [0.1, 0.15) is 56.8 Å². The number of aromatic nitrogens is 1. The Balaban J connectivity index is 1.09. The molecule has 1 aliphatic rings. The standard InChI is InChI=1S/C33H32N4O6/c1-34-28-8-4-2-6-26(28)32(39)36-22-11-13-23(14-12-22)42-24-15-17-25(18-16-24)43-30-19-10-21(20-35-30)31(38)37-29-9-5-3-7-27(29)33(40)41/h2-10,15-20,22-23,34H,11-14H2,1H3,(H,36,39)(H,37,38)(H,40,41). The van der Waals surface area contributed by atoms with E-state index < -0.39 is 11.9 Å². The van der Waals surface area contributed by atoms with Gasteiger partial charge in [0.2, 0.25) is 5.88 Å².